The zero-order valence-corrected chi connectivity index (χ0v) is 12.1. The molecule has 0 aromatic heterocycles. The lowest BCUT2D eigenvalue weighted by Gasteiger charge is -2.21. The van der Waals surface area contributed by atoms with Gasteiger partial charge in [0, 0.05) is 11.8 Å². The Bertz CT molecular complexity index is 218. The maximum Gasteiger partial charge on any atom is 0.138 e. The summed E-state index contributed by atoms with van der Waals surface area (Å²) in [5, 5.41) is 0. The quantitative estimate of drug-likeness (QED) is 0.586. The Kier molecular flexibility index (Phi) is 6.22. The lowest BCUT2D eigenvalue weighted by atomic mass is 9.85. The molecule has 17 heavy (non-hydrogen) atoms. The molecule has 1 fully saturated rings. The van der Waals surface area contributed by atoms with Crippen LogP contribution in [-0.2, 0) is 4.79 Å². The van der Waals surface area contributed by atoms with Crippen LogP contribution in [-0.4, -0.2) is 5.78 Å². The zero-order chi connectivity index (χ0) is 12.7. The summed E-state index contributed by atoms with van der Waals surface area (Å²) in [5.74, 6) is 1.43. The highest BCUT2D eigenvalue weighted by Crippen LogP contribution is 2.28. The third kappa shape index (κ3) is 6.24. The molecule has 0 aromatic carbocycles. The standard InChI is InChI=1S/C16H30O/c1-16(2,3)15(17)13-9-5-8-12-14-10-6-4-7-11-14/h14H,4-13H2,1-3H3. The molecule has 1 heteroatoms. The summed E-state index contributed by atoms with van der Waals surface area (Å²) >= 11 is 0. The molecule has 0 radical (unpaired) electrons. The van der Waals surface area contributed by atoms with Crippen molar-refractivity contribution in [3.05, 3.63) is 0 Å². The second-order valence-electron chi connectivity index (χ2n) is 6.78. The van der Waals surface area contributed by atoms with Crippen molar-refractivity contribution < 1.29 is 4.79 Å². The van der Waals surface area contributed by atoms with Gasteiger partial charge in [-0.2, -0.15) is 0 Å². The lowest BCUT2D eigenvalue weighted by Crippen LogP contribution is -2.19. The summed E-state index contributed by atoms with van der Waals surface area (Å²) < 4.78 is 0. The van der Waals surface area contributed by atoms with Gasteiger partial charge in [-0.3, -0.25) is 4.79 Å². The van der Waals surface area contributed by atoms with E-state index in [1.807, 2.05) is 20.8 Å². The van der Waals surface area contributed by atoms with Crippen LogP contribution in [0.15, 0.2) is 0 Å². The van der Waals surface area contributed by atoms with Crippen LogP contribution in [0.1, 0.15) is 85.0 Å². The largest absolute Gasteiger partial charge is 0.299 e. The summed E-state index contributed by atoms with van der Waals surface area (Å²) in [6, 6.07) is 0. The van der Waals surface area contributed by atoms with E-state index in [0.717, 1.165) is 18.8 Å². The smallest absolute Gasteiger partial charge is 0.138 e. The molecule has 0 amide bonds. The van der Waals surface area contributed by atoms with Gasteiger partial charge in [0.05, 0.1) is 0 Å². The van der Waals surface area contributed by atoms with Crippen LogP contribution in [0.5, 0.6) is 0 Å². The van der Waals surface area contributed by atoms with Crippen LogP contribution >= 0.6 is 0 Å². The minimum atomic E-state index is -0.136. The zero-order valence-electron chi connectivity index (χ0n) is 12.1. The predicted molar refractivity (Wildman–Crippen MR) is 74.1 cm³/mol. The van der Waals surface area contributed by atoms with Crippen molar-refractivity contribution in [3.8, 4) is 0 Å². The van der Waals surface area contributed by atoms with E-state index in [1.54, 1.807) is 0 Å². The van der Waals surface area contributed by atoms with Crippen molar-refractivity contribution in [3.63, 3.8) is 0 Å². The number of carbonyl (C=O) groups is 1. The second kappa shape index (κ2) is 7.18. The van der Waals surface area contributed by atoms with Crippen molar-refractivity contribution in [2.45, 2.75) is 85.0 Å². The highest BCUT2D eigenvalue weighted by atomic mass is 16.1. The Balaban J connectivity index is 1.99. The predicted octanol–water partition coefficient (Wildman–Crippen LogP) is 5.13. The molecule has 0 saturated heterocycles. The van der Waals surface area contributed by atoms with Crippen LogP contribution in [0, 0.1) is 11.3 Å². The highest BCUT2D eigenvalue weighted by molar-refractivity contribution is 5.83. The number of rotatable bonds is 6. The van der Waals surface area contributed by atoms with Crippen molar-refractivity contribution in [1.29, 1.82) is 0 Å². The first kappa shape index (κ1) is 14.7. The van der Waals surface area contributed by atoms with Crippen molar-refractivity contribution in [2.24, 2.45) is 11.3 Å². The molecule has 0 aliphatic heterocycles. The number of carbonyl (C=O) groups excluding carboxylic acids is 1. The summed E-state index contributed by atoms with van der Waals surface area (Å²) in [7, 11) is 0. The summed E-state index contributed by atoms with van der Waals surface area (Å²) in [5.41, 5.74) is -0.136. The number of hydrogen-bond donors (Lipinski definition) is 0. The molecule has 1 nitrogen and oxygen atoms in total. The Morgan fingerprint density at radius 3 is 2.24 bits per heavy atom. The van der Waals surface area contributed by atoms with Crippen LogP contribution in [0.2, 0.25) is 0 Å². The van der Waals surface area contributed by atoms with E-state index in [0.29, 0.717) is 5.78 Å². The fourth-order valence-corrected chi connectivity index (χ4v) is 2.75. The topological polar surface area (TPSA) is 17.1 Å². The molecule has 1 rings (SSSR count). The van der Waals surface area contributed by atoms with Gasteiger partial charge in [-0.25, -0.2) is 0 Å². The van der Waals surface area contributed by atoms with Crippen LogP contribution in [0.25, 0.3) is 0 Å². The minimum Gasteiger partial charge on any atom is -0.299 e. The molecular formula is C16H30O. The normalized spacial score (nSPS) is 18.3. The van der Waals surface area contributed by atoms with Gasteiger partial charge in [-0.15, -0.1) is 0 Å². The van der Waals surface area contributed by atoms with Gasteiger partial charge in [-0.1, -0.05) is 72.1 Å². The first-order valence-corrected chi connectivity index (χ1v) is 7.53. The third-order valence-electron chi connectivity index (χ3n) is 4.08. The van der Waals surface area contributed by atoms with E-state index in [1.165, 1.54) is 51.4 Å². The highest BCUT2D eigenvalue weighted by Gasteiger charge is 2.20. The second-order valence-corrected chi connectivity index (χ2v) is 6.78. The Morgan fingerprint density at radius 2 is 1.65 bits per heavy atom. The van der Waals surface area contributed by atoms with Gasteiger partial charge in [0.2, 0.25) is 0 Å². The number of unbranched alkanes of at least 4 members (excludes halogenated alkanes) is 2. The first-order chi connectivity index (χ1) is 8.00. The van der Waals surface area contributed by atoms with E-state index in [4.69, 9.17) is 0 Å². The molecule has 100 valence electrons. The molecule has 0 bridgehead atoms. The molecule has 1 aliphatic rings. The minimum absolute atomic E-state index is 0.136. The maximum atomic E-state index is 11.7. The molecule has 0 N–H and O–H groups in total. The summed E-state index contributed by atoms with van der Waals surface area (Å²) in [6.07, 6.45) is 13.2. The molecule has 0 heterocycles. The van der Waals surface area contributed by atoms with Crippen LogP contribution < -0.4 is 0 Å². The van der Waals surface area contributed by atoms with Crippen LogP contribution in [0.3, 0.4) is 0 Å². The Morgan fingerprint density at radius 1 is 1.00 bits per heavy atom. The number of ketones is 1. The molecule has 1 aliphatic carbocycles. The van der Waals surface area contributed by atoms with Gasteiger partial charge < -0.3 is 0 Å². The molecular weight excluding hydrogens is 208 g/mol. The first-order valence-electron chi connectivity index (χ1n) is 7.53. The van der Waals surface area contributed by atoms with Crippen LogP contribution in [0.4, 0.5) is 0 Å². The number of hydrogen-bond acceptors (Lipinski definition) is 1. The van der Waals surface area contributed by atoms with E-state index in [2.05, 4.69) is 0 Å². The van der Waals surface area contributed by atoms with Gasteiger partial charge in [0.1, 0.15) is 5.78 Å². The van der Waals surface area contributed by atoms with Gasteiger partial charge in [0.15, 0.2) is 0 Å². The van der Waals surface area contributed by atoms with E-state index in [-0.39, 0.29) is 5.41 Å². The van der Waals surface area contributed by atoms with Crippen molar-refractivity contribution in [1.82, 2.24) is 0 Å². The molecule has 0 aromatic rings. The summed E-state index contributed by atoms with van der Waals surface area (Å²) in [4.78, 5) is 11.7. The van der Waals surface area contributed by atoms with E-state index >= 15 is 0 Å². The fourth-order valence-electron chi connectivity index (χ4n) is 2.75. The lowest BCUT2D eigenvalue weighted by molar-refractivity contribution is -0.126. The SMILES string of the molecule is CC(C)(C)C(=O)CCCCCC1CCCCC1. The molecule has 0 atom stereocenters. The van der Waals surface area contributed by atoms with Gasteiger partial charge in [0.25, 0.3) is 0 Å². The average Bonchev–Trinajstić information content (AvgIpc) is 2.28. The fraction of sp³-hybridized carbons (Fsp3) is 0.938. The molecule has 0 spiro atoms. The van der Waals surface area contributed by atoms with E-state index in [9.17, 15) is 4.79 Å². The van der Waals surface area contributed by atoms with Gasteiger partial charge >= 0.3 is 0 Å². The molecule has 0 unspecified atom stereocenters. The average molecular weight is 238 g/mol. The van der Waals surface area contributed by atoms with Gasteiger partial charge in [-0.05, 0) is 12.3 Å². The number of Topliss-reactive ketones (excluding diaryl/α,β-unsaturated/α-hetero) is 1. The Hall–Kier alpha value is -0.330. The maximum absolute atomic E-state index is 11.7. The third-order valence-corrected chi connectivity index (χ3v) is 4.08. The monoisotopic (exact) mass is 238 g/mol. The van der Waals surface area contributed by atoms with E-state index < -0.39 is 0 Å². The summed E-state index contributed by atoms with van der Waals surface area (Å²) in [6.45, 7) is 6.08. The van der Waals surface area contributed by atoms with Crippen molar-refractivity contribution >= 4 is 5.78 Å². The molecule has 1 saturated carbocycles. The van der Waals surface area contributed by atoms with Crippen molar-refractivity contribution in [2.75, 3.05) is 0 Å². The Labute approximate surface area is 107 Å².